The molecular weight excluding hydrogens is 158 g/mol. The highest BCUT2D eigenvalue weighted by Gasteiger charge is 1.97. The molecule has 0 aliphatic rings. The second-order valence-electron chi connectivity index (χ2n) is 2.52. The van der Waals surface area contributed by atoms with E-state index in [2.05, 4.69) is 9.98 Å². The van der Waals surface area contributed by atoms with Gasteiger partial charge in [-0.25, -0.2) is 0 Å². The molecule has 0 aliphatic heterocycles. The van der Waals surface area contributed by atoms with Gasteiger partial charge < -0.3 is 22.3 Å². The number of guanidine groups is 2. The van der Waals surface area contributed by atoms with Gasteiger partial charge in [0.2, 0.25) is 5.96 Å². The fraction of sp³-hybridized carbons (Fsp3) is 0.667. The second-order valence-corrected chi connectivity index (χ2v) is 2.52. The van der Waals surface area contributed by atoms with Crippen LogP contribution in [0.15, 0.2) is 9.98 Å². The Kier molecular flexibility index (Phi) is 4.78. The third kappa shape index (κ3) is 5.48. The predicted molar refractivity (Wildman–Crippen MR) is 48.5 cm³/mol. The van der Waals surface area contributed by atoms with Crippen molar-refractivity contribution in [1.82, 2.24) is 0 Å². The van der Waals surface area contributed by atoms with Crippen LogP contribution in [-0.2, 0) is 0 Å². The maximum Gasteiger partial charge on any atom is 0.218 e. The van der Waals surface area contributed by atoms with Gasteiger partial charge in [-0.15, -0.1) is 0 Å². The van der Waals surface area contributed by atoms with Crippen LogP contribution in [0.25, 0.3) is 0 Å². The maximum absolute atomic E-state index is 8.63. The number of hydrogen-bond acceptors (Lipinski definition) is 2. The van der Waals surface area contributed by atoms with Crippen molar-refractivity contribution in [2.45, 2.75) is 6.92 Å². The van der Waals surface area contributed by atoms with Crippen LogP contribution in [0, 0.1) is 5.92 Å². The van der Waals surface area contributed by atoms with Gasteiger partial charge in [-0.2, -0.15) is 4.99 Å². The van der Waals surface area contributed by atoms with Crippen LogP contribution in [0.5, 0.6) is 0 Å². The molecule has 0 heterocycles. The van der Waals surface area contributed by atoms with Gasteiger partial charge >= 0.3 is 0 Å². The fourth-order valence-corrected chi connectivity index (χ4v) is 0.475. The minimum absolute atomic E-state index is 0.0373. The summed E-state index contributed by atoms with van der Waals surface area (Å²) >= 11 is 0. The zero-order valence-electron chi connectivity index (χ0n) is 7.07. The molecule has 0 rings (SSSR count). The van der Waals surface area contributed by atoms with E-state index in [1.807, 2.05) is 6.92 Å². The lowest BCUT2D eigenvalue weighted by Crippen LogP contribution is -2.26. The SMILES string of the molecule is CC(CO)CN=C(N)N=C(N)N. The van der Waals surface area contributed by atoms with Crippen LogP contribution in [0.2, 0.25) is 0 Å². The van der Waals surface area contributed by atoms with Crippen LogP contribution in [0.3, 0.4) is 0 Å². The summed E-state index contributed by atoms with van der Waals surface area (Å²) in [7, 11) is 0. The molecule has 0 radical (unpaired) electrons. The van der Waals surface area contributed by atoms with E-state index in [0.717, 1.165) is 0 Å². The van der Waals surface area contributed by atoms with Gasteiger partial charge in [0.1, 0.15) is 0 Å². The third-order valence-electron chi connectivity index (χ3n) is 1.12. The van der Waals surface area contributed by atoms with E-state index in [0.29, 0.717) is 6.54 Å². The monoisotopic (exact) mass is 173 g/mol. The van der Waals surface area contributed by atoms with Gasteiger partial charge in [0.05, 0.1) is 0 Å². The molecule has 0 fully saturated rings. The Morgan fingerprint density at radius 1 is 1.42 bits per heavy atom. The summed E-state index contributed by atoms with van der Waals surface area (Å²) in [6.07, 6.45) is 0. The molecule has 12 heavy (non-hydrogen) atoms. The molecule has 7 N–H and O–H groups in total. The average molecular weight is 173 g/mol. The van der Waals surface area contributed by atoms with Gasteiger partial charge in [-0.3, -0.25) is 4.99 Å². The molecule has 0 saturated heterocycles. The van der Waals surface area contributed by atoms with E-state index in [4.69, 9.17) is 22.3 Å². The lowest BCUT2D eigenvalue weighted by molar-refractivity contribution is 0.242. The van der Waals surface area contributed by atoms with Gasteiger partial charge in [0.15, 0.2) is 5.96 Å². The van der Waals surface area contributed by atoms with E-state index in [1.54, 1.807) is 0 Å². The highest BCUT2D eigenvalue weighted by Crippen LogP contribution is 1.92. The third-order valence-corrected chi connectivity index (χ3v) is 1.12. The van der Waals surface area contributed by atoms with Crippen molar-refractivity contribution < 1.29 is 5.11 Å². The fourth-order valence-electron chi connectivity index (χ4n) is 0.475. The number of aliphatic imine (C=N–C) groups is 2. The van der Waals surface area contributed by atoms with Crippen molar-refractivity contribution in [2.24, 2.45) is 33.1 Å². The van der Waals surface area contributed by atoms with E-state index in [9.17, 15) is 0 Å². The lowest BCUT2D eigenvalue weighted by atomic mass is 10.2. The average Bonchev–Trinajstić information content (AvgIpc) is 1.99. The van der Waals surface area contributed by atoms with Gasteiger partial charge in [0.25, 0.3) is 0 Å². The molecule has 6 heteroatoms. The van der Waals surface area contributed by atoms with Crippen molar-refractivity contribution in [3.05, 3.63) is 0 Å². The molecular formula is C6H15N5O. The number of nitrogens with two attached hydrogens (primary N) is 3. The van der Waals surface area contributed by atoms with Gasteiger partial charge in [-0.05, 0) is 5.92 Å². The molecule has 0 bridgehead atoms. The quantitative estimate of drug-likeness (QED) is 0.297. The molecule has 6 nitrogen and oxygen atoms in total. The number of hydrogen-bond donors (Lipinski definition) is 4. The largest absolute Gasteiger partial charge is 0.396 e. The molecule has 0 saturated carbocycles. The normalized spacial score (nSPS) is 14.0. The highest BCUT2D eigenvalue weighted by atomic mass is 16.3. The predicted octanol–water partition coefficient (Wildman–Crippen LogP) is -1.80. The highest BCUT2D eigenvalue weighted by molar-refractivity contribution is 5.92. The summed E-state index contributed by atoms with van der Waals surface area (Å²) in [6, 6.07) is 0. The number of nitrogens with zero attached hydrogens (tertiary/aromatic N) is 2. The van der Waals surface area contributed by atoms with E-state index < -0.39 is 0 Å². The zero-order chi connectivity index (χ0) is 9.56. The second kappa shape index (κ2) is 5.36. The Hall–Kier alpha value is -1.30. The number of aliphatic hydroxyl groups is 1. The van der Waals surface area contributed by atoms with Crippen molar-refractivity contribution in [3.63, 3.8) is 0 Å². The molecule has 0 spiro atoms. The van der Waals surface area contributed by atoms with E-state index in [1.165, 1.54) is 0 Å². The summed E-state index contributed by atoms with van der Waals surface area (Å²) in [6.45, 7) is 2.32. The maximum atomic E-state index is 8.63. The first-order chi connectivity index (χ1) is 5.56. The Morgan fingerprint density at radius 2 is 2.00 bits per heavy atom. The first kappa shape index (κ1) is 10.7. The molecule has 0 aromatic carbocycles. The molecule has 0 aliphatic carbocycles. The van der Waals surface area contributed by atoms with Gasteiger partial charge in [0, 0.05) is 13.2 Å². The summed E-state index contributed by atoms with van der Waals surface area (Å²) in [4.78, 5) is 7.32. The van der Waals surface area contributed by atoms with Gasteiger partial charge in [-0.1, -0.05) is 6.92 Å². The number of aliphatic hydroxyl groups excluding tert-OH is 1. The number of rotatable bonds is 3. The van der Waals surface area contributed by atoms with Crippen LogP contribution in [0.1, 0.15) is 6.92 Å². The summed E-state index contributed by atoms with van der Waals surface area (Å²) < 4.78 is 0. The minimum atomic E-state index is -0.118. The molecule has 1 unspecified atom stereocenters. The van der Waals surface area contributed by atoms with Crippen LogP contribution in [0.4, 0.5) is 0 Å². The van der Waals surface area contributed by atoms with Crippen molar-refractivity contribution >= 4 is 11.9 Å². The van der Waals surface area contributed by atoms with Crippen molar-refractivity contribution in [1.29, 1.82) is 0 Å². The van der Waals surface area contributed by atoms with Crippen LogP contribution in [-0.4, -0.2) is 30.2 Å². The summed E-state index contributed by atoms with van der Waals surface area (Å²) in [5, 5.41) is 8.63. The Bertz CT molecular complexity index is 184. The first-order valence-corrected chi connectivity index (χ1v) is 3.56. The van der Waals surface area contributed by atoms with Crippen LogP contribution >= 0.6 is 0 Å². The van der Waals surface area contributed by atoms with Crippen molar-refractivity contribution in [2.75, 3.05) is 13.2 Å². The van der Waals surface area contributed by atoms with Crippen LogP contribution < -0.4 is 17.2 Å². The summed E-state index contributed by atoms with van der Waals surface area (Å²) in [5.41, 5.74) is 15.4. The molecule has 70 valence electrons. The topological polar surface area (TPSA) is 123 Å². The van der Waals surface area contributed by atoms with E-state index >= 15 is 0 Å². The Balaban J connectivity index is 3.93. The van der Waals surface area contributed by atoms with E-state index in [-0.39, 0.29) is 24.4 Å². The lowest BCUT2D eigenvalue weighted by Gasteiger charge is -2.02. The zero-order valence-corrected chi connectivity index (χ0v) is 7.07. The minimum Gasteiger partial charge on any atom is -0.396 e. The standard InChI is InChI=1S/C6H15N5O/c1-4(3-12)2-10-6(9)11-5(7)8/h4,12H,2-3H2,1H3,(H6,7,8,9,10,11). The molecule has 0 aromatic rings. The molecule has 0 aromatic heterocycles. The smallest absolute Gasteiger partial charge is 0.218 e. The Morgan fingerprint density at radius 3 is 2.42 bits per heavy atom. The molecule has 0 amide bonds. The summed E-state index contributed by atoms with van der Waals surface area (Å²) in [5.74, 6) is -0.0130. The van der Waals surface area contributed by atoms with Crippen molar-refractivity contribution in [3.8, 4) is 0 Å². The first-order valence-electron chi connectivity index (χ1n) is 3.56. The molecule has 1 atom stereocenters. The Labute approximate surface area is 71.2 Å².